The van der Waals surface area contributed by atoms with Gasteiger partial charge in [-0.1, -0.05) is 42.5 Å². The van der Waals surface area contributed by atoms with Gasteiger partial charge in [0.25, 0.3) is 0 Å². The molecule has 1 aromatic rings. The van der Waals surface area contributed by atoms with Gasteiger partial charge in [0.2, 0.25) is 0 Å². The monoisotopic (exact) mass is 214 g/mol. The lowest BCUT2D eigenvalue weighted by Crippen LogP contribution is -2.21. The van der Waals surface area contributed by atoms with Gasteiger partial charge in [-0.3, -0.25) is 0 Å². The van der Waals surface area contributed by atoms with Gasteiger partial charge in [-0.15, -0.1) is 0 Å². The van der Waals surface area contributed by atoms with Crippen molar-refractivity contribution < 1.29 is 0 Å². The number of nitriles is 1. The van der Waals surface area contributed by atoms with Gasteiger partial charge in [-0.05, 0) is 25.5 Å². The van der Waals surface area contributed by atoms with E-state index in [-0.39, 0.29) is 5.92 Å². The van der Waals surface area contributed by atoms with Crippen molar-refractivity contribution in [2.75, 3.05) is 13.1 Å². The highest BCUT2D eigenvalue weighted by molar-refractivity contribution is 5.24. The fraction of sp³-hybridized carbons (Fsp3) is 0.357. The van der Waals surface area contributed by atoms with E-state index in [2.05, 4.69) is 17.5 Å². The van der Waals surface area contributed by atoms with Crippen LogP contribution in [0.2, 0.25) is 0 Å². The molecule has 16 heavy (non-hydrogen) atoms. The van der Waals surface area contributed by atoms with Crippen LogP contribution < -0.4 is 5.32 Å². The Labute approximate surface area is 97.6 Å². The number of benzene rings is 1. The van der Waals surface area contributed by atoms with Crippen molar-refractivity contribution in [2.45, 2.75) is 19.3 Å². The smallest absolute Gasteiger partial charge is 0.0837 e. The zero-order chi connectivity index (χ0) is 11.6. The molecule has 0 spiro atoms. The maximum absolute atomic E-state index is 9.08. The lowest BCUT2D eigenvalue weighted by Gasteiger charge is -2.09. The summed E-state index contributed by atoms with van der Waals surface area (Å²) >= 11 is 0. The summed E-state index contributed by atoms with van der Waals surface area (Å²) in [5, 5.41) is 12.4. The summed E-state index contributed by atoms with van der Waals surface area (Å²) in [5.74, 6) is -0.0493. The van der Waals surface area contributed by atoms with E-state index in [1.54, 1.807) is 0 Å². The summed E-state index contributed by atoms with van der Waals surface area (Å²) in [6.45, 7) is 3.66. The highest BCUT2D eigenvalue weighted by Crippen LogP contribution is 2.12. The number of nitrogens with one attached hydrogen (secondary N) is 1. The number of hydrogen-bond acceptors (Lipinski definition) is 2. The molecule has 1 unspecified atom stereocenters. The largest absolute Gasteiger partial charge is 0.315 e. The van der Waals surface area contributed by atoms with Crippen LogP contribution in [0.15, 0.2) is 42.5 Å². The third kappa shape index (κ3) is 4.29. The lowest BCUT2D eigenvalue weighted by atomic mass is 10.0. The van der Waals surface area contributed by atoms with Crippen molar-refractivity contribution in [3.8, 4) is 6.07 Å². The van der Waals surface area contributed by atoms with Crippen molar-refractivity contribution in [1.82, 2.24) is 5.32 Å². The second-order valence-corrected chi connectivity index (χ2v) is 3.65. The predicted molar refractivity (Wildman–Crippen MR) is 67.1 cm³/mol. The first-order valence-electron chi connectivity index (χ1n) is 5.65. The zero-order valence-corrected chi connectivity index (χ0v) is 9.69. The van der Waals surface area contributed by atoms with Gasteiger partial charge >= 0.3 is 0 Å². The molecule has 2 nitrogen and oxygen atoms in total. The molecular weight excluding hydrogens is 196 g/mol. The molecule has 84 valence electrons. The van der Waals surface area contributed by atoms with Crippen LogP contribution in [0, 0.1) is 11.3 Å². The van der Waals surface area contributed by atoms with Crippen molar-refractivity contribution in [3.63, 3.8) is 0 Å². The van der Waals surface area contributed by atoms with E-state index in [1.807, 2.05) is 43.3 Å². The van der Waals surface area contributed by atoms with Crippen LogP contribution in [-0.2, 0) is 0 Å². The van der Waals surface area contributed by atoms with Crippen LogP contribution in [0.1, 0.15) is 24.8 Å². The molecule has 1 N–H and O–H groups in total. The van der Waals surface area contributed by atoms with Crippen LogP contribution in [-0.4, -0.2) is 13.1 Å². The minimum atomic E-state index is -0.0493. The van der Waals surface area contributed by atoms with E-state index in [0.717, 1.165) is 25.1 Å². The quantitative estimate of drug-likeness (QED) is 0.584. The molecule has 0 radical (unpaired) electrons. The molecule has 0 heterocycles. The molecule has 0 aliphatic heterocycles. The Morgan fingerprint density at radius 2 is 2.12 bits per heavy atom. The minimum Gasteiger partial charge on any atom is -0.315 e. The summed E-state index contributed by atoms with van der Waals surface area (Å²) in [6.07, 6.45) is 5.18. The fourth-order valence-electron chi connectivity index (χ4n) is 1.52. The molecule has 0 fully saturated rings. The second kappa shape index (κ2) is 7.67. The second-order valence-electron chi connectivity index (χ2n) is 3.65. The van der Waals surface area contributed by atoms with Crippen LogP contribution >= 0.6 is 0 Å². The van der Waals surface area contributed by atoms with Crippen LogP contribution in [0.4, 0.5) is 0 Å². The maximum Gasteiger partial charge on any atom is 0.0837 e. The molecule has 1 atom stereocenters. The molecule has 0 saturated heterocycles. The van der Waals surface area contributed by atoms with Crippen LogP contribution in [0.5, 0.6) is 0 Å². The highest BCUT2D eigenvalue weighted by Gasteiger charge is 2.08. The molecule has 0 aromatic heterocycles. The van der Waals surface area contributed by atoms with Crippen molar-refractivity contribution >= 4 is 0 Å². The van der Waals surface area contributed by atoms with E-state index >= 15 is 0 Å². The van der Waals surface area contributed by atoms with Crippen LogP contribution in [0.25, 0.3) is 0 Å². The summed E-state index contributed by atoms with van der Waals surface area (Å²) in [5.41, 5.74) is 1.09. The maximum atomic E-state index is 9.08. The van der Waals surface area contributed by atoms with Gasteiger partial charge in [0.1, 0.15) is 0 Å². The predicted octanol–water partition coefficient (Wildman–Crippen LogP) is 2.85. The molecule has 0 amide bonds. The molecule has 0 aliphatic rings. The Kier molecular flexibility index (Phi) is 5.98. The van der Waals surface area contributed by atoms with E-state index in [9.17, 15) is 0 Å². The SMILES string of the molecule is C/C=C/CCNCC(C#N)c1ccccc1. The molecule has 1 rings (SSSR count). The number of nitrogens with zero attached hydrogens (tertiary/aromatic N) is 1. The number of rotatable bonds is 6. The van der Waals surface area contributed by atoms with Gasteiger partial charge in [0.05, 0.1) is 12.0 Å². The fourth-order valence-corrected chi connectivity index (χ4v) is 1.52. The minimum absolute atomic E-state index is 0.0493. The average Bonchev–Trinajstić information content (AvgIpc) is 2.35. The van der Waals surface area contributed by atoms with Crippen LogP contribution in [0.3, 0.4) is 0 Å². The molecule has 2 heteroatoms. The zero-order valence-electron chi connectivity index (χ0n) is 9.69. The number of allylic oxidation sites excluding steroid dienone is 1. The van der Waals surface area contributed by atoms with Crippen molar-refractivity contribution in [3.05, 3.63) is 48.0 Å². The standard InChI is InChI=1S/C14H18N2/c1-2-3-7-10-16-12-14(11-15)13-8-5-4-6-9-13/h2-6,8-9,14,16H,7,10,12H2,1H3/b3-2+. The Morgan fingerprint density at radius 1 is 1.38 bits per heavy atom. The third-order valence-corrected chi connectivity index (χ3v) is 2.43. The lowest BCUT2D eigenvalue weighted by molar-refractivity contribution is 0.655. The third-order valence-electron chi connectivity index (χ3n) is 2.43. The summed E-state index contributed by atoms with van der Waals surface area (Å²) in [6, 6.07) is 12.2. The van der Waals surface area contributed by atoms with E-state index in [1.165, 1.54) is 0 Å². The van der Waals surface area contributed by atoms with Gasteiger partial charge in [-0.2, -0.15) is 5.26 Å². The first-order chi connectivity index (χ1) is 7.88. The summed E-state index contributed by atoms with van der Waals surface area (Å²) in [4.78, 5) is 0. The molecule has 0 bridgehead atoms. The molecule has 0 aliphatic carbocycles. The molecule has 0 saturated carbocycles. The molecule has 1 aromatic carbocycles. The normalized spacial score (nSPS) is 12.5. The molecular formula is C14H18N2. The van der Waals surface area contributed by atoms with E-state index < -0.39 is 0 Å². The topological polar surface area (TPSA) is 35.8 Å². The Bertz CT molecular complexity index is 349. The Balaban J connectivity index is 2.37. The summed E-state index contributed by atoms with van der Waals surface area (Å²) < 4.78 is 0. The average molecular weight is 214 g/mol. The number of hydrogen-bond donors (Lipinski definition) is 1. The van der Waals surface area contributed by atoms with Crippen molar-refractivity contribution in [1.29, 1.82) is 5.26 Å². The van der Waals surface area contributed by atoms with Crippen molar-refractivity contribution in [2.24, 2.45) is 0 Å². The Morgan fingerprint density at radius 3 is 2.75 bits per heavy atom. The van der Waals surface area contributed by atoms with Gasteiger partial charge in [0.15, 0.2) is 0 Å². The van der Waals surface area contributed by atoms with Gasteiger partial charge < -0.3 is 5.32 Å². The highest BCUT2D eigenvalue weighted by atomic mass is 14.8. The van der Waals surface area contributed by atoms with E-state index in [4.69, 9.17) is 5.26 Å². The first kappa shape index (κ1) is 12.5. The van der Waals surface area contributed by atoms with E-state index in [0.29, 0.717) is 0 Å². The van der Waals surface area contributed by atoms with Gasteiger partial charge in [-0.25, -0.2) is 0 Å². The first-order valence-corrected chi connectivity index (χ1v) is 5.65. The Hall–Kier alpha value is -1.59. The summed E-state index contributed by atoms with van der Waals surface area (Å²) in [7, 11) is 0. The van der Waals surface area contributed by atoms with Gasteiger partial charge in [0, 0.05) is 6.54 Å².